The molecule has 0 bridgehead atoms. The van der Waals surface area contributed by atoms with Crippen LogP contribution >= 0.6 is 0 Å². The van der Waals surface area contributed by atoms with Crippen molar-refractivity contribution in [2.45, 2.75) is 32.9 Å². The van der Waals surface area contributed by atoms with Gasteiger partial charge in [0.15, 0.2) is 0 Å². The molecule has 0 aliphatic rings. The number of nitrogens with zero attached hydrogens (tertiary/aromatic N) is 3. The Kier molecular flexibility index (Phi) is 4.83. The standard InChI is InChI=1S/C12H22N4/c1-9(8-16(4)5)15-11(3)12-10(2)13-6-7-14-12/h6-7,9,11,15H,8H2,1-5H3. The molecule has 4 nitrogen and oxygen atoms in total. The molecule has 2 atom stereocenters. The summed E-state index contributed by atoms with van der Waals surface area (Å²) < 4.78 is 0. The summed E-state index contributed by atoms with van der Waals surface area (Å²) >= 11 is 0. The van der Waals surface area contributed by atoms with E-state index in [1.807, 2.05) is 6.92 Å². The third kappa shape index (κ3) is 3.87. The number of likely N-dealkylation sites (N-methyl/N-ethyl adjacent to an activating group) is 1. The number of aromatic nitrogens is 2. The summed E-state index contributed by atoms with van der Waals surface area (Å²) in [5, 5.41) is 3.52. The Morgan fingerprint density at radius 1 is 1.25 bits per heavy atom. The highest BCUT2D eigenvalue weighted by Crippen LogP contribution is 2.12. The van der Waals surface area contributed by atoms with Crippen molar-refractivity contribution in [3.05, 3.63) is 23.8 Å². The van der Waals surface area contributed by atoms with E-state index in [4.69, 9.17) is 0 Å². The Bertz CT molecular complexity index is 325. The molecule has 0 radical (unpaired) electrons. The van der Waals surface area contributed by atoms with Gasteiger partial charge in [-0.3, -0.25) is 9.97 Å². The first kappa shape index (κ1) is 13.1. The maximum absolute atomic E-state index is 4.37. The average Bonchev–Trinajstić information content (AvgIpc) is 2.16. The van der Waals surface area contributed by atoms with Gasteiger partial charge in [-0.25, -0.2) is 0 Å². The van der Waals surface area contributed by atoms with Crippen molar-refractivity contribution < 1.29 is 0 Å². The van der Waals surface area contributed by atoms with Crippen molar-refractivity contribution in [3.63, 3.8) is 0 Å². The number of hydrogen-bond acceptors (Lipinski definition) is 4. The van der Waals surface area contributed by atoms with E-state index in [1.165, 1.54) is 0 Å². The van der Waals surface area contributed by atoms with Gasteiger partial charge in [-0.2, -0.15) is 0 Å². The van der Waals surface area contributed by atoms with Crippen LogP contribution in [-0.2, 0) is 0 Å². The van der Waals surface area contributed by atoms with Gasteiger partial charge in [0.25, 0.3) is 0 Å². The summed E-state index contributed by atoms with van der Waals surface area (Å²) in [5.41, 5.74) is 2.03. The molecule has 4 heteroatoms. The molecule has 2 unspecified atom stereocenters. The second kappa shape index (κ2) is 5.92. The van der Waals surface area contributed by atoms with E-state index in [-0.39, 0.29) is 6.04 Å². The van der Waals surface area contributed by atoms with Crippen LogP contribution in [0.15, 0.2) is 12.4 Å². The van der Waals surface area contributed by atoms with E-state index < -0.39 is 0 Å². The largest absolute Gasteiger partial charge is 0.308 e. The highest BCUT2D eigenvalue weighted by atomic mass is 15.1. The average molecular weight is 222 g/mol. The van der Waals surface area contributed by atoms with Gasteiger partial charge in [0.1, 0.15) is 0 Å². The van der Waals surface area contributed by atoms with Crippen molar-refractivity contribution >= 4 is 0 Å². The molecule has 1 heterocycles. The fraction of sp³-hybridized carbons (Fsp3) is 0.667. The van der Waals surface area contributed by atoms with Crippen LogP contribution in [0.25, 0.3) is 0 Å². The predicted octanol–water partition coefficient (Wildman–Crippen LogP) is 1.39. The van der Waals surface area contributed by atoms with E-state index in [0.717, 1.165) is 17.9 Å². The van der Waals surface area contributed by atoms with E-state index in [1.54, 1.807) is 12.4 Å². The van der Waals surface area contributed by atoms with Gasteiger partial charge in [-0.15, -0.1) is 0 Å². The minimum atomic E-state index is 0.239. The van der Waals surface area contributed by atoms with Crippen molar-refractivity contribution in [2.75, 3.05) is 20.6 Å². The van der Waals surface area contributed by atoms with Gasteiger partial charge in [0.2, 0.25) is 0 Å². The molecule has 1 aromatic rings. The molecule has 1 N–H and O–H groups in total. The second-order valence-electron chi connectivity index (χ2n) is 4.58. The zero-order chi connectivity index (χ0) is 12.1. The summed E-state index contributed by atoms with van der Waals surface area (Å²) in [7, 11) is 4.16. The fourth-order valence-electron chi connectivity index (χ4n) is 1.95. The summed E-state index contributed by atoms with van der Waals surface area (Å²) in [6.45, 7) is 7.33. The van der Waals surface area contributed by atoms with Crippen molar-refractivity contribution in [3.8, 4) is 0 Å². The van der Waals surface area contributed by atoms with Crippen LogP contribution in [0.2, 0.25) is 0 Å². The highest BCUT2D eigenvalue weighted by Gasteiger charge is 2.13. The number of nitrogens with one attached hydrogen (secondary N) is 1. The second-order valence-corrected chi connectivity index (χ2v) is 4.58. The lowest BCUT2D eigenvalue weighted by molar-refractivity contribution is 0.332. The molecule has 0 fully saturated rings. The Hall–Kier alpha value is -1.00. The van der Waals surface area contributed by atoms with E-state index in [0.29, 0.717) is 6.04 Å². The molecule has 0 aliphatic heterocycles. The van der Waals surface area contributed by atoms with Crippen LogP contribution < -0.4 is 5.32 Å². The summed E-state index contributed by atoms with van der Waals surface area (Å²) in [6, 6.07) is 0.676. The lowest BCUT2D eigenvalue weighted by Gasteiger charge is -2.23. The first-order valence-corrected chi connectivity index (χ1v) is 5.69. The molecule has 0 aromatic carbocycles. The molecule has 0 spiro atoms. The molecule has 0 saturated carbocycles. The molecule has 0 aliphatic carbocycles. The Balaban J connectivity index is 2.58. The quantitative estimate of drug-likeness (QED) is 0.817. The van der Waals surface area contributed by atoms with Crippen LogP contribution in [0.4, 0.5) is 0 Å². The zero-order valence-corrected chi connectivity index (χ0v) is 10.9. The Morgan fingerprint density at radius 2 is 1.88 bits per heavy atom. The van der Waals surface area contributed by atoms with Crippen LogP contribution in [0.5, 0.6) is 0 Å². The van der Waals surface area contributed by atoms with Gasteiger partial charge >= 0.3 is 0 Å². The Morgan fingerprint density at radius 3 is 2.44 bits per heavy atom. The zero-order valence-electron chi connectivity index (χ0n) is 10.9. The van der Waals surface area contributed by atoms with E-state index >= 15 is 0 Å². The van der Waals surface area contributed by atoms with Crippen molar-refractivity contribution in [2.24, 2.45) is 0 Å². The SMILES string of the molecule is Cc1nccnc1C(C)NC(C)CN(C)C. The summed E-state index contributed by atoms with van der Waals surface area (Å²) in [6.07, 6.45) is 3.48. The van der Waals surface area contributed by atoms with Gasteiger partial charge < -0.3 is 10.2 Å². The van der Waals surface area contributed by atoms with Gasteiger partial charge in [0, 0.05) is 31.0 Å². The van der Waals surface area contributed by atoms with Crippen LogP contribution in [0.3, 0.4) is 0 Å². The third-order valence-electron chi connectivity index (χ3n) is 2.50. The number of rotatable bonds is 5. The third-order valence-corrected chi connectivity index (χ3v) is 2.50. The van der Waals surface area contributed by atoms with Crippen molar-refractivity contribution in [1.29, 1.82) is 0 Å². The molecule has 90 valence electrons. The molecular weight excluding hydrogens is 200 g/mol. The monoisotopic (exact) mass is 222 g/mol. The summed E-state index contributed by atoms with van der Waals surface area (Å²) in [5.74, 6) is 0. The smallest absolute Gasteiger partial charge is 0.0782 e. The molecule has 1 rings (SSSR count). The lowest BCUT2D eigenvalue weighted by atomic mass is 10.1. The van der Waals surface area contributed by atoms with Crippen LogP contribution in [0.1, 0.15) is 31.3 Å². The normalized spacial score (nSPS) is 15.1. The number of hydrogen-bond donors (Lipinski definition) is 1. The summed E-state index contributed by atoms with van der Waals surface area (Å²) in [4.78, 5) is 10.8. The maximum Gasteiger partial charge on any atom is 0.0782 e. The van der Waals surface area contributed by atoms with Gasteiger partial charge in [-0.1, -0.05) is 0 Å². The molecular formula is C12H22N4. The van der Waals surface area contributed by atoms with Crippen LogP contribution in [-0.4, -0.2) is 41.5 Å². The predicted molar refractivity (Wildman–Crippen MR) is 66.3 cm³/mol. The molecule has 16 heavy (non-hydrogen) atoms. The minimum absolute atomic E-state index is 0.239. The minimum Gasteiger partial charge on any atom is -0.308 e. The van der Waals surface area contributed by atoms with Gasteiger partial charge in [0.05, 0.1) is 11.4 Å². The fourth-order valence-corrected chi connectivity index (χ4v) is 1.95. The molecule has 1 aromatic heterocycles. The van der Waals surface area contributed by atoms with E-state index in [2.05, 4.69) is 48.1 Å². The van der Waals surface area contributed by atoms with Crippen molar-refractivity contribution in [1.82, 2.24) is 20.2 Å². The van der Waals surface area contributed by atoms with Gasteiger partial charge in [-0.05, 0) is 34.9 Å². The Labute approximate surface area is 98.1 Å². The topological polar surface area (TPSA) is 41.1 Å². The first-order chi connectivity index (χ1) is 7.50. The molecule has 0 saturated heterocycles. The first-order valence-electron chi connectivity index (χ1n) is 5.69. The number of aryl methyl sites for hydroxylation is 1. The molecule has 0 amide bonds. The lowest BCUT2D eigenvalue weighted by Crippen LogP contribution is -2.37. The highest BCUT2D eigenvalue weighted by molar-refractivity contribution is 5.12. The maximum atomic E-state index is 4.37. The van der Waals surface area contributed by atoms with Crippen LogP contribution in [0, 0.1) is 6.92 Å². The van der Waals surface area contributed by atoms with E-state index in [9.17, 15) is 0 Å².